The Kier molecular flexibility index (Phi) is 6.54. The van der Waals surface area contributed by atoms with E-state index in [1.54, 1.807) is 24.0 Å². The van der Waals surface area contributed by atoms with Gasteiger partial charge in [0.1, 0.15) is 11.6 Å². The third-order valence-corrected chi connectivity index (χ3v) is 5.21. The summed E-state index contributed by atoms with van der Waals surface area (Å²) in [6.45, 7) is 6.11. The number of aromatic nitrogens is 2. The molecule has 1 saturated heterocycles. The van der Waals surface area contributed by atoms with Crippen LogP contribution < -0.4 is 10.2 Å². The van der Waals surface area contributed by atoms with Gasteiger partial charge in [0.25, 0.3) is 5.91 Å². The summed E-state index contributed by atoms with van der Waals surface area (Å²) in [5, 5.41) is 2.78. The van der Waals surface area contributed by atoms with Crippen LogP contribution in [0.3, 0.4) is 0 Å². The van der Waals surface area contributed by atoms with Crippen LogP contribution in [0.25, 0.3) is 0 Å². The van der Waals surface area contributed by atoms with Crippen molar-refractivity contribution in [2.45, 2.75) is 39.4 Å². The van der Waals surface area contributed by atoms with Crippen molar-refractivity contribution in [3.8, 4) is 0 Å². The number of halogens is 4. The molecule has 0 bridgehead atoms. The molecule has 3 rings (SSSR count). The molecule has 1 fully saturated rings. The lowest BCUT2D eigenvalue weighted by Crippen LogP contribution is -2.59. The summed E-state index contributed by atoms with van der Waals surface area (Å²) in [5.41, 5.74) is 0.671. The van der Waals surface area contributed by atoms with Crippen LogP contribution in [0.4, 0.5) is 19.0 Å². The zero-order valence-corrected chi connectivity index (χ0v) is 18.0. The number of carbonyl (C=O) groups is 2. The molecule has 0 aromatic carbocycles. The molecule has 1 amide bonds. The molecule has 10 heteroatoms. The Morgan fingerprint density at radius 3 is 2.52 bits per heavy atom. The molecule has 0 spiro atoms. The van der Waals surface area contributed by atoms with Gasteiger partial charge >= 0.3 is 6.18 Å². The lowest BCUT2D eigenvalue weighted by Gasteiger charge is -2.40. The number of nitrogens with zero attached hydrogens (tertiary/aromatic N) is 3. The van der Waals surface area contributed by atoms with Gasteiger partial charge in [-0.15, -0.1) is 0 Å². The van der Waals surface area contributed by atoms with Gasteiger partial charge < -0.3 is 10.2 Å². The Balaban J connectivity index is 1.61. The first-order valence-corrected chi connectivity index (χ1v) is 10.1. The first-order valence-electron chi connectivity index (χ1n) is 9.73. The number of alkyl halides is 3. The molecule has 0 aliphatic carbocycles. The molecule has 6 nitrogen and oxygen atoms in total. The third kappa shape index (κ3) is 5.52. The number of ketones is 1. The fourth-order valence-corrected chi connectivity index (χ4v) is 3.46. The van der Waals surface area contributed by atoms with Crippen molar-refractivity contribution in [1.82, 2.24) is 15.3 Å². The van der Waals surface area contributed by atoms with Crippen LogP contribution in [0.1, 0.15) is 41.2 Å². The number of nitrogens with one attached hydrogen (secondary N) is 1. The van der Waals surface area contributed by atoms with Crippen molar-refractivity contribution in [3.63, 3.8) is 0 Å². The molecule has 31 heavy (non-hydrogen) atoms. The number of rotatable bonds is 6. The maximum Gasteiger partial charge on any atom is 0.417 e. The number of hydrogen-bond donors (Lipinski definition) is 1. The fraction of sp³-hybridized carbons (Fsp3) is 0.429. The minimum Gasteiger partial charge on any atom is -0.351 e. The Morgan fingerprint density at radius 2 is 1.94 bits per heavy atom. The SMILES string of the molecule is Cc1cc(C(=O)NC2CN(c3ncc(C(F)(F)F)cc3Cl)C2)cc(CC(=O)C(C)C)n1. The Morgan fingerprint density at radius 1 is 1.26 bits per heavy atom. The molecular weight excluding hydrogens is 433 g/mol. The molecule has 1 aliphatic rings. The average molecular weight is 455 g/mol. The van der Waals surface area contributed by atoms with E-state index in [-0.39, 0.29) is 40.9 Å². The first kappa shape index (κ1) is 23.0. The van der Waals surface area contributed by atoms with E-state index in [9.17, 15) is 22.8 Å². The number of Topliss-reactive ketones (excluding diaryl/α,β-unsaturated/α-hetero) is 1. The van der Waals surface area contributed by atoms with Crippen molar-refractivity contribution in [1.29, 1.82) is 0 Å². The van der Waals surface area contributed by atoms with Gasteiger partial charge in [0.2, 0.25) is 0 Å². The van der Waals surface area contributed by atoms with Crippen molar-refractivity contribution >= 4 is 29.1 Å². The van der Waals surface area contributed by atoms with E-state index in [0.717, 1.165) is 12.3 Å². The van der Waals surface area contributed by atoms with E-state index in [0.29, 0.717) is 30.0 Å². The van der Waals surface area contributed by atoms with Gasteiger partial charge in [0, 0.05) is 48.6 Å². The van der Waals surface area contributed by atoms with Crippen molar-refractivity contribution in [3.05, 3.63) is 51.9 Å². The number of hydrogen-bond acceptors (Lipinski definition) is 5. The summed E-state index contributed by atoms with van der Waals surface area (Å²) in [4.78, 5) is 34.5. The first-order chi connectivity index (χ1) is 14.4. The Hall–Kier alpha value is -2.68. The molecule has 0 unspecified atom stereocenters. The number of anilines is 1. The monoisotopic (exact) mass is 454 g/mol. The van der Waals surface area contributed by atoms with E-state index in [2.05, 4.69) is 15.3 Å². The highest BCUT2D eigenvalue weighted by Gasteiger charge is 2.34. The molecule has 0 radical (unpaired) electrons. The molecule has 0 saturated carbocycles. The van der Waals surface area contributed by atoms with Gasteiger partial charge in [-0.2, -0.15) is 13.2 Å². The predicted octanol–water partition coefficient (Wildman–Crippen LogP) is 3.84. The quantitative estimate of drug-likeness (QED) is 0.717. The maximum absolute atomic E-state index is 12.7. The van der Waals surface area contributed by atoms with Crippen LogP contribution in [-0.4, -0.2) is 40.8 Å². The highest BCUT2D eigenvalue weighted by molar-refractivity contribution is 6.33. The van der Waals surface area contributed by atoms with E-state index < -0.39 is 11.7 Å². The van der Waals surface area contributed by atoms with Gasteiger partial charge in [0.15, 0.2) is 0 Å². The zero-order valence-electron chi connectivity index (χ0n) is 17.3. The molecule has 0 atom stereocenters. The standard InChI is InChI=1S/C21H22ClF3N4O2/c1-11(2)18(30)7-15-5-13(4-12(3)27-15)20(31)28-16-9-29(10-16)19-17(22)6-14(8-26-19)21(23,24)25/h4-6,8,11,16H,7,9-10H2,1-3H3,(H,28,31). The van der Waals surface area contributed by atoms with Crippen LogP contribution >= 0.6 is 11.6 Å². The van der Waals surface area contributed by atoms with Crippen LogP contribution in [0.2, 0.25) is 5.02 Å². The zero-order chi connectivity index (χ0) is 22.9. The molecule has 1 aliphatic heterocycles. The summed E-state index contributed by atoms with van der Waals surface area (Å²) in [6.07, 6.45) is -3.61. The highest BCUT2D eigenvalue weighted by Crippen LogP contribution is 2.34. The van der Waals surface area contributed by atoms with Crippen LogP contribution in [-0.2, 0) is 17.4 Å². The third-order valence-electron chi connectivity index (χ3n) is 4.93. The van der Waals surface area contributed by atoms with Gasteiger partial charge in [-0.05, 0) is 25.1 Å². The van der Waals surface area contributed by atoms with Crippen molar-refractivity contribution in [2.75, 3.05) is 18.0 Å². The minimum atomic E-state index is -4.51. The van der Waals surface area contributed by atoms with Gasteiger partial charge in [-0.25, -0.2) is 4.98 Å². The lowest BCUT2D eigenvalue weighted by atomic mass is 10.0. The second kappa shape index (κ2) is 8.82. The molecule has 1 N–H and O–H groups in total. The maximum atomic E-state index is 12.7. The summed E-state index contributed by atoms with van der Waals surface area (Å²) in [6, 6.07) is 3.88. The van der Waals surface area contributed by atoms with Gasteiger partial charge in [-0.1, -0.05) is 25.4 Å². The largest absolute Gasteiger partial charge is 0.417 e. The second-order valence-electron chi connectivity index (χ2n) is 7.89. The van der Waals surface area contributed by atoms with Crippen molar-refractivity contribution in [2.24, 2.45) is 5.92 Å². The van der Waals surface area contributed by atoms with Gasteiger partial charge in [0.05, 0.1) is 16.6 Å². The van der Waals surface area contributed by atoms with E-state index >= 15 is 0 Å². The molecule has 2 aromatic rings. The minimum absolute atomic E-state index is 0.0417. The molecule has 2 aromatic heterocycles. The fourth-order valence-electron chi connectivity index (χ4n) is 3.17. The Labute approximate surface area is 182 Å². The molecule has 166 valence electrons. The highest BCUT2D eigenvalue weighted by atomic mass is 35.5. The second-order valence-corrected chi connectivity index (χ2v) is 8.30. The van der Waals surface area contributed by atoms with E-state index in [4.69, 9.17) is 11.6 Å². The van der Waals surface area contributed by atoms with Crippen LogP contribution in [0.5, 0.6) is 0 Å². The lowest BCUT2D eigenvalue weighted by molar-refractivity contribution is -0.137. The predicted molar refractivity (Wildman–Crippen MR) is 110 cm³/mol. The van der Waals surface area contributed by atoms with Crippen molar-refractivity contribution < 1.29 is 22.8 Å². The van der Waals surface area contributed by atoms with Crippen LogP contribution in [0.15, 0.2) is 24.4 Å². The topological polar surface area (TPSA) is 75.2 Å². The molecule has 3 heterocycles. The summed E-state index contributed by atoms with van der Waals surface area (Å²) in [7, 11) is 0. The van der Waals surface area contributed by atoms with Crippen LogP contribution in [0, 0.1) is 12.8 Å². The van der Waals surface area contributed by atoms with Gasteiger partial charge in [-0.3, -0.25) is 14.6 Å². The number of aryl methyl sites for hydroxylation is 1. The number of pyridine rings is 2. The number of amides is 1. The van der Waals surface area contributed by atoms with E-state index in [1.165, 1.54) is 0 Å². The van der Waals surface area contributed by atoms with E-state index in [1.807, 2.05) is 13.8 Å². The summed E-state index contributed by atoms with van der Waals surface area (Å²) < 4.78 is 38.2. The summed E-state index contributed by atoms with van der Waals surface area (Å²) in [5.74, 6) is -0.138. The molecular formula is C21H22ClF3N4O2. The Bertz CT molecular complexity index is 1000. The smallest absolute Gasteiger partial charge is 0.351 e. The summed E-state index contributed by atoms with van der Waals surface area (Å²) >= 11 is 5.96. The average Bonchev–Trinajstić information content (AvgIpc) is 2.63. The number of carbonyl (C=O) groups excluding carboxylic acids is 2. The normalized spacial score (nSPS) is 14.5.